The molecule has 2 fully saturated rings. The topological polar surface area (TPSA) is 99.9 Å². The molecule has 48 heavy (non-hydrogen) atoms. The fourth-order valence-electron chi connectivity index (χ4n) is 7.76. The number of piperazine rings is 1. The van der Waals surface area contributed by atoms with Crippen molar-refractivity contribution in [2.75, 3.05) is 32.8 Å². The lowest BCUT2D eigenvalue weighted by molar-refractivity contribution is -0.145. The van der Waals surface area contributed by atoms with E-state index in [4.69, 9.17) is 28.2 Å². The van der Waals surface area contributed by atoms with E-state index in [9.17, 15) is 19.8 Å². The second kappa shape index (κ2) is 14.0. The number of fused-ring (bicyclic) bond motifs is 1. The number of nitrogens with zero attached hydrogens (tertiary/aromatic N) is 5. The lowest BCUT2D eigenvalue weighted by Gasteiger charge is -2.42. The Morgan fingerprint density at radius 2 is 1.65 bits per heavy atom. The molecule has 4 aliphatic heterocycles. The lowest BCUT2D eigenvalue weighted by atomic mass is 9.81. The summed E-state index contributed by atoms with van der Waals surface area (Å²) >= 11 is 14.0. The fourth-order valence-corrected chi connectivity index (χ4v) is 9.36. The van der Waals surface area contributed by atoms with E-state index in [1.165, 1.54) is 11.8 Å². The lowest BCUT2D eigenvalue weighted by Crippen LogP contribution is -2.59. The number of amidine groups is 1. The molecule has 2 aromatic carbocycles. The maximum Gasteiger partial charge on any atom is 0.263 e. The molecule has 9 nitrogen and oxygen atoms in total. The van der Waals surface area contributed by atoms with E-state index < -0.39 is 17.7 Å². The van der Waals surface area contributed by atoms with Crippen molar-refractivity contribution in [2.45, 2.75) is 83.3 Å². The highest BCUT2D eigenvalue weighted by Gasteiger charge is 2.54. The monoisotopic (exact) mass is 713 g/mol. The average Bonchev–Trinajstić information content (AvgIpc) is 3.71. The minimum atomic E-state index is -0.811. The largest absolute Gasteiger partial charge is 0.394 e. The van der Waals surface area contributed by atoms with Gasteiger partial charge in [0.25, 0.3) is 5.91 Å². The summed E-state index contributed by atoms with van der Waals surface area (Å²) in [6.45, 7) is 12.1. The second-order valence-electron chi connectivity index (χ2n) is 14.0. The number of aliphatic imine (C=N–C) groups is 1. The van der Waals surface area contributed by atoms with E-state index in [0.717, 1.165) is 28.4 Å². The molecule has 0 radical (unpaired) electrons. The normalized spacial score (nSPS) is 28.4. The predicted molar refractivity (Wildman–Crippen MR) is 192 cm³/mol. The van der Waals surface area contributed by atoms with Gasteiger partial charge in [-0.2, -0.15) is 0 Å². The van der Waals surface area contributed by atoms with Gasteiger partial charge in [0.1, 0.15) is 16.5 Å². The number of hydrogen-bond acceptors (Lipinski definition) is 8. The molecule has 2 saturated heterocycles. The van der Waals surface area contributed by atoms with Gasteiger partial charge in [0, 0.05) is 54.0 Å². The van der Waals surface area contributed by atoms with Crippen molar-refractivity contribution in [3.8, 4) is 0 Å². The summed E-state index contributed by atoms with van der Waals surface area (Å²) in [7, 11) is 0. The zero-order valence-electron chi connectivity index (χ0n) is 28.1. The number of halogens is 2. The first kappa shape index (κ1) is 35.2. The number of β-amino-alcohol motifs (C(OH)–C–C–N with tert-alkyl or cyclic N) is 1. The van der Waals surface area contributed by atoms with Crippen LogP contribution in [0, 0.1) is 5.92 Å². The van der Waals surface area contributed by atoms with Gasteiger partial charge >= 0.3 is 0 Å². The van der Waals surface area contributed by atoms with Crippen molar-refractivity contribution < 1.29 is 19.8 Å². The van der Waals surface area contributed by atoms with E-state index in [-0.39, 0.29) is 42.5 Å². The maximum atomic E-state index is 14.7. The van der Waals surface area contributed by atoms with Gasteiger partial charge in [0.2, 0.25) is 5.91 Å². The molecule has 0 aliphatic carbocycles. The van der Waals surface area contributed by atoms with Crippen LogP contribution in [0.25, 0.3) is 0 Å². The molecule has 12 heteroatoms. The molecule has 0 bridgehead atoms. The summed E-state index contributed by atoms with van der Waals surface area (Å²) in [5.74, 6) is -0.143. The number of benzene rings is 2. The Hall–Kier alpha value is -2.60. The zero-order chi connectivity index (χ0) is 34.5. The summed E-state index contributed by atoms with van der Waals surface area (Å²) in [6, 6.07) is 14.8. The molecule has 0 aromatic heterocycles. The van der Waals surface area contributed by atoms with Crippen LogP contribution < -0.4 is 0 Å². The Balaban J connectivity index is 1.31. The van der Waals surface area contributed by atoms with Gasteiger partial charge in [-0.15, -0.1) is 0 Å². The molecule has 4 heterocycles. The van der Waals surface area contributed by atoms with Gasteiger partial charge in [0.15, 0.2) is 5.17 Å². The van der Waals surface area contributed by atoms with Gasteiger partial charge in [-0.3, -0.25) is 14.5 Å². The van der Waals surface area contributed by atoms with Gasteiger partial charge in [-0.25, -0.2) is 4.99 Å². The van der Waals surface area contributed by atoms with Crippen LogP contribution in [0.15, 0.2) is 64.1 Å². The standard InChI is InChI=1S/C36H45Cl2N5O4S/c1-21(2)30-31(34(47)42-22(3)6-15-29(42)33(46)41-17-16-40(23(4)18-41)19-28(45)20-44)48-35-39-36(5,25-9-13-27(38)14-10-25)32(43(30)35)24-7-11-26(37)12-8-24/h7-14,21-23,28-29,32,44-45H,6,15-20H2,1-5H3/t22-,23+,28+,29-,32-,36+/m1/s1. The molecule has 4 aliphatic rings. The molecular weight excluding hydrogens is 669 g/mol. The van der Waals surface area contributed by atoms with Crippen LogP contribution in [0.3, 0.4) is 0 Å². The van der Waals surface area contributed by atoms with Crippen LogP contribution in [0.5, 0.6) is 0 Å². The van der Waals surface area contributed by atoms with Gasteiger partial charge in [0.05, 0.1) is 18.8 Å². The predicted octanol–water partition coefficient (Wildman–Crippen LogP) is 5.50. The first-order valence-corrected chi connectivity index (χ1v) is 18.4. The van der Waals surface area contributed by atoms with Crippen molar-refractivity contribution in [1.82, 2.24) is 19.6 Å². The number of amides is 2. The summed E-state index contributed by atoms with van der Waals surface area (Å²) in [4.78, 5) is 42.8. The van der Waals surface area contributed by atoms with E-state index >= 15 is 0 Å². The fraction of sp³-hybridized carbons (Fsp3) is 0.528. The number of aliphatic hydroxyl groups excluding tert-OH is 2. The Morgan fingerprint density at radius 1 is 1.00 bits per heavy atom. The smallest absolute Gasteiger partial charge is 0.263 e. The van der Waals surface area contributed by atoms with Gasteiger partial charge < -0.3 is 24.9 Å². The number of carbonyl (C=O) groups is 2. The molecule has 2 aromatic rings. The number of rotatable bonds is 8. The average molecular weight is 715 g/mol. The van der Waals surface area contributed by atoms with Crippen molar-refractivity contribution in [3.63, 3.8) is 0 Å². The van der Waals surface area contributed by atoms with E-state index in [0.29, 0.717) is 47.6 Å². The van der Waals surface area contributed by atoms with Crippen molar-refractivity contribution in [2.24, 2.45) is 10.9 Å². The second-order valence-corrected chi connectivity index (χ2v) is 15.8. The van der Waals surface area contributed by atoms with Gasteiger partial charge in [-0.05, 0) is 86.7 Å². The number of aliphatic hydroxyl groups is 2. The summed E-state index contributed by atoms with van der Waals surface area (Å²) in [5.41, 5.74) is 2.30. The van der Waals surface area contributed by atoms with Crippen LogP contribution in [0.1, 0.15) is 64.6 Å². The molecule has 0 unspecified atom stereocenters. The van der Waals surface area contributed by atoms with Crippen LogP contribution in [0.4, 0.5) is 0 Å². The Labute approximate surface area is 297 Å². The highest BCUT2D eigenvalue weighted by molar-refractivity contribution is 8.18. The van der Waals surface area contributed by atoms with Crippen molar-refractivity contribution >= 4 is 51.9 Å². The number of allylic oxidation sites excluding steroid dienone is 1. The molecule has 6 rings (SSSR count). The van der Waals surface area contributed by atoms with Crippen LogP contribution in [0.2, 0.25) is 10.0 Å². The molecule has 2 N–H and O–H groups in total. The minimum Gasteiger partial charge on any atom is -0.394 e. The highest BCUT2D eigenvalue weighted by atomic mass is 35.5. The summed E-state index contributed by atoms with van der Waals surface area (Å²) in [5, 5.41) is 21.3. The number of hydrogen-bond donors (Lipinski definition) is 2. The number of thioether (sulfide) groups is 1. The third-order valence-electron chi connectivity index (χ3n) is 10.3. The van der Waals surface area contributed by atoms with Crippen LogP contribution in [-0.2, 0) is 15.1 Å². The first-order chi connectivity index (χ1) is 22.8. The van der Waals surface area contributed by atoms with Crippen LogP contribution in [-0.4, -0.2) is 104 Å². The van der Waals surface area contributed by atoms with E-state index in [1.54, 1.807) is 0 Å². The van der Waals surface area contributed by atoms with Crippen molar-refractivity contribution in [3.05, 3.63) is 80.3 Å². The summed E-state index contributed by atoms with van der Waals surface area (Å²) in [6.07, 6.45) is 0.557. The molecule has 6 atom stereocenters. The zero-order valence-corrected chi connectivity index (χ0v) is 30.5. The SMILES string of the molecule is CC(C)C1=C(C(=O)N2[C@H](C)CC[C@@H]2C(=O)N2CCN(C[C@H](O)CO)[C@@H](C)C2)SC2=N[C@@](C)(c3ccc(Cl)cc3)[C@@H](c3ccc(Cl)cc3)N21. The van der Waals surface area contributed by atoms with Gasteiger partial charge in [-0.1, -0.05) is 61.3 Å². The molecule has 258 valence electrons. The summed E-state index contributed by atoms with van der Waals surface area (Å²) < 4.78 is 0. The quantitative estimate of drug-likeness (QED) is 0.373. The van der Waals surface area contributed by atoms with E-state index in [1.807, 2.05) is 72.2 Å². The molecule has 2 amide bonds. The number of likely N-dealkylation sites (tertiary alicyclic amines) is 1. The molecular formula is C36H45Cl2N5O4S. The Bertz CT molecular complexity index is 1600. The van der Waals surface area contributed by atoms with Crippen LogP contribution >= 0.6 is 35.0 Å². The Kier molecular flexibility index (Phi) is 10.2. The third-order valence-corrected chi connectivity index (χ3v) is 11.8. The Morgan fingerprint density at radius 3 is 2.25 bits per heavy atom. The highest BCUT2D eigenvalue weighted by Crippen LogP contribution is 2.56. The maximum absolute atomic E-state index is 14.7. The first-order valence-electron chi connectivity index (χ1n) is 16.8. The van der Waals surface area contributed by atoms with E-state index in [2.05, 4.69) is 30.6 Å². The molecule has 0 spiro atoms. The third kappa shape index (κ3) is 6.40. The van der Waals surface area contributed by atoms with Crippen molar-refractivity contribution in [1.29, 1.82) is 0 Å². The molecule has 0 saturated carbocycles. The minimum absolute atomic E-state index is 0.00165. The number of carbonyl (C=O) groups excluding carboxylic acids is 2.